The van der Waals surface area contributed by atoms with Crippen molar-refractivity contribution in [2.45, 2.75) is 31.8 Å². The van der Waals surface area contributed by atoms with E-state index in [9.17, 15) is 4.79 Å². The molecule has 9 heteroatoms. The number of nitrogens with zero attached hydrogens (tertiary/aromatic N) is 4. The zero-order valence-corrected chi connectivity index (χ0v) is 15.9. The third kappa shape index (κ3) is 2.51. The van der Waals surface area contributed by atoms with E-state index >= 15 is 0 Å². The molecule has 3 N–H and O–H groups in total. The fourth-order valence-electron chi connectivity index (χ4n) is 3.87. The molecular weight excluding hydrogens is 366 g/mol. The number of rotatable bonds is 2. The summed E-state index contributed by atoms with van der Waals surface area (Å²) in [5.41, 5.74) is 2.01. The quantitative estimate of drug-likeness (QED) is 0.627. The number of H-pyrrole nitrogens is 1. The number of amides is 1. The largest absolute Gasteiger partial charge is 0.346 e. The molecule has 0 radical (unpaired) electrons. The van der Waals surface area contributed by atoms with Crippen molar-refractivity contribution in [3.63, 3.8) is 0 Å². The van der Waals surface area contributed by atoms with Crippen LogP contribution in [0.1, 0.15) is 35.2 Å². The molecule has 0 bridgehead atoms. The summed E-state index contributed by atoms with van der Waals surface area (Å²) in [7, 11) is 2.00. The van der Waals surface area contributed by atoms with Gasteiger partial charge in [-0.05, 0) is 43.9 Å². The molecule has 4 heterocycles. The average Bonchev–Trinajstić information content (AvgIpc) is 3.06. The van der Waals surface area contributed by atoms with Crippen LogP contribution in [-0.4, -0.2) is 38.6 Å². The summed E-state index contributed by atoms with van der Waals surface area (Å²) in [4.78, 5) is 31.1. The summed E-state index contributed by atoms with van der Waals surface area (Å²) in [6.07, 6.45) is 6.35. The van der Waals surface area contributed by atoms with Crippen molar-refractivity contribution in [1.82, 2.24) is 25.3 Å². The second kappa shape index (κ2) is 6.09. The number of aromatic nitrogens is 4. The summed E-state index contributed by atoms with van der Waals surface area (Å²) in [5.74, 6) is 2.03. The van der Waals surface area contributed by atoms with E-state index in [1.54, 1.807) is 0 Å². The maximum absolute atomic E-state index is 12.6. The van der Waals surface area contributed by atoms with Crippen LogP contribution in [0.5, 0.6) is 0 Å². The fraction of sp³-hybridized carbons (Fsp3) is 0.333. The van der Waals surface area contributed by atoms with Crippen molar-refractivity contribution in [3.8, 4) is 0 Å². The zero-order chi connectivity index (χ0) is 17.9. The highest BCUT2D eigenvalue weighted by Crippen LogP contribution is 2.42. The second-order valence-corrected chi connectivity index (χ2v) is 7.01. The second-order valence-electron chi connectivity index (χ2n) is 7.01. The van der Waals surface area contributed by atoms with Crippen molar-refractivity contribution < 1.29 is 4.79 Å². The van der Waals surface area contributed by atoms with Gasteiger partial charge in [0.1, 0.15) is 35.1 Å². The standard InChI is InChI=1S/C18H19N7O.ClH/c1-10-8-12(22-15-11-4-7-19-14(11)20-9-21-15)23-16-13(10)17(26)24-18(25(16)2)5-3-6-18;/h4,7-9H,3,5-6H2,1-2H3,(H,24,26)(H2,19,20,21,22,23);1H. The Balaban J connectivity index is 0.00000180. The van der Waals surface area contributed by atoms with Crippen LogP contribution in [0.25, 0.3) is 11.0 Å². The molecule has 1 saturated carbocycles. The number of aromatic amines is 1. The van der Waals surface area contributed by atoms with Gasteiger partial charge < -0.3 is 20.5 Å². The lowest BCUT2D eigenvalue weighted by molar-refractivity contribution is 0.0799. The number of hydrogen-bond acceptors (Lipinski definition) is 6. The summed E-state index contributed by atoms with van der Waals surface area (Å²) >= 11 is 0. The van der Waals surface area contributed by atoms with Crippen molar-refractivity contribution in [2.24, 2.45) is 0 Å². The predicted molar refractivity (Wildman–Crippen MR) is 106 cm³/mol. The number of carbonyl (C=O) groups is 1. The van der Waals surface area contributed by atoms with E-state index in [-0.39, 0.29) is 24.0 Å². The molecule has 0 atom stereocenters. The van der Waals surface area contributed by atoms with Crippen LogP contribution in [-0.2, 0) is 0 Å². The molecule has 5 rings (SSSR count). The normalized spacial score (nSPS) is 17.1. The lowest BCUT2D eigenvalue weighted by Crippen LogP contribution is -2.67. The first kappa shape index (κ1) is 17.5. The number of halogens is 1. The minimum absolute atomic E-state index is 0. The smallest absolute Gasteiger partial charge is 0.257 e. The van der Waals surface area contributed by atoms with Gasteiger partial charge in [0, 0.05) is 13.2 Å². The number of fused-ring (bicyclic) bond motifs is 2. The van der Waals surface area contributed by atoms with Crippen LogP contribution in [0, 0.1) is 6.92 Å². The minimum Gasteiger partial charge on any atom is -0.346 e. The molecule has 0 saturated heterocycles. The molecule has 0 unspecified atom stereocenters. The molecular formula is C18H20ClN7O. The monoisotopic (exact) mass is 385 g/mol. The lowest BCUT2D eigenvalue weighted by Gasteiger charge is -2.52. The van der Waals surface area contributed by atoms with E-state index in [4.69, 9.17) is 4.98 Å². The highest BCUT2D eigenvalue weighted by Gasteiger charge is 2.47. The zero-order valence-electron chi connectivity index (χ0n) is 15.0. The first-order valence-electron chi connectivity index (χ1n) is 8.70. The van der Waals surface area contributed by atoms with Gasteiger partial charge in [0.25, 0.3) is 5.91 Å². The minimum atomic E-state index is -0.287. The number of nitrogens with one attached hydrogen (secondary N) is 3. The first-order chi connectivity index (χ1) is 12.6. The average molecular weight is 386 g/mol. The molecule has 8 nitrogen and oxygen atoms in total. The van der Waals surface area contributed by atoms with E-state index in [1.807, 2.05) is 32.3 Å². The van der Waals surface area contributed by atoms with Crippen molar-refractivity contribution in [3.05, 3.63) is 35.8 Å². The lowest BCUT2D eigenvalue weighted by atomic mass is 9.81. The maximum atomic E-state index is 12.6. The molecule has 0 aromatic carbocycles. The van der Waals surface area contributed by atoms with Gasteiger partial charge in [0.05, 0.1) is 10.9 Å². The van der Waals surface area contributed by atoms with E-state index in [1.165, 1.54) is 6.33 Å². The molecule has 27 heavy (non-hydrogen) atoms. The maximum Gasteiger partial charge on any atom is 0.257 e. The van der Waals surface area contributed by atoms with Gasteiger partial charge in [-0.2, -0.15) is 0 Å². The number of carbonyl (C=O) groups excluding carboxylic acids is 1. The molecule has 3 aromatic rings. The SMILES string of the molecule is Cc1cc(Nc2ncnc3[nH]ccc23)nc2c1C(=O)NC1(CCC1)N2C.Cl. The van der Waals surface area contributed by atoms with Crippen LogP contribution in [0.4, 0.5) is 17.5 Å². The molecule has 140 valence electrons. The van der Waals surface area contributed by atoms with E-state index in [0.29, 0.717) is 17.2 Å². The van der Waals surface area contributed by atoms with Gasteiger partial charge >= 0.3 is 0 Å². The highest BCUT2D eigenvalue weighted by atomic mass is 35.5. The molecule has 1 amide bonds. The van der Waals surface area contributed by atoms with Crippen LogP contribution < -0.4 is 15.5 Å². The molecule has 1 aliphatic carbocycles. The number of anilines is 3. The number of hydrogen-bond donors (Lipinski definition) is 3. The summed E-state index contributed by atoms with van der Waals surface area (Å²) in [5, 5.41) is 7.34. The highest BCUT2D eigenvalue weighted by molar-refractivity contribution is 6.03. The van der Waals surface area contributed by atoms with Crippen molar-refractivity contribution >= 4 is 46.8 Å². The van der Waals surface area contributed by atoms with Crippen molar-refractivity contribution in [1.29, 1.82) is 0 Å². The third-order valence-corrected chi connectivity index (χ3v) is 5.51. The Labute approximate surface area is 162 Å². The van der Waals surface area contributed by atoms with Crippen LogP contribution in [0.2, 0.25) is 0 Å². The van der Waals surface area contributed by atoms with Crippen molar-refractivity contribution in [2.75, 3.05) is 17.3 Å². The Bertz CT molecular complexity index is 1040. The van der Waals surface area contributed by atoms with Gasteiger partial charge in [-0.3, -0.25) is 4.79 Å². The summed E-state index contributed by atoms with van der Waals surface area (Å²) in [6.45, 7) is 1.93. The first-order valence-corrected chi connectivity index (χ1v) is 8.70. The third-order valence-electron chi connectivity index (χ3n) is 5.51. The number of aryl methyl sites for hydroxylation is 1. The van der Waals surface area contributed by atoms with Crippen LogP contribution in [0.3, 0.4) is 0 Å². The Morgan fingerprint density at radius 2 is 2.11 bits per heavy atom. The topological polar surface area (TPSA) is 98.8 Å². The molecule has 1 fully saturated rings. The number of pyridine rings is 1. The van der Waals surface area contributed by atoms with Gasteiger partial charge in [-0.15, -0.1) is 12.4 Å². The van der Waals surface area contributed by atoms with Gasteiger partial charge in [0.15, 0.2) is 0 Å². The molecule has 1 spiro atoms. The Morgan fingerprint density at radius 1 is 1.30 bits per heavy atom. The van der Waals surface area contributed by atoms with E-state index < -0.39 is 0 Å². The Hall–Kier alpha value is -2.87. The molecule has 1 aliphatic heterocycles. The van der Waals surface area contributed by atoms with E-state index in [0.717, 1.165) is 41.7 Å². The molecule has 2 aliphatic rings. The van der Waals surface area contributed by atoms with Gasteiger partial charge in [0.2, 0.25) is 0 Å². The Kier molecular flexibility index (Phi) is 3.96. The fourth-order valence-corrected chi connectivity index (χ4v) is 3.87. The van der Waals surface area contributed by atoms with Gasteiger partial charge in [-0.25, -0.2) is 15.0 Å². The van der Waals surface area contributed by atoms with Gasteiger partial charge in [-0.1, -0.05) is 0 Å². The predicted octanol–water partition coefficient (Wildman–Crippen LogP) is 2.89. The van der Waals surface area contributed by atoms with Crippen LogP contribution in [0.15, 0.2) is 24.7 Å². The van der Waals surface area contributed by atoms with E-state index in [2.05, 4.69) is 30.5 Å². The summed E-state index contributed by atoms with van der Waals surface area (Å²) < 4.78 is 0. The summed E-state index contributed by atoms with van der Waals surface area (Å²) in [6, 6.07) is 3.80. The van der Waals surface area contributed by atoms with Crippen LogP contribution >= 0.6 is 12.4 Å². The molecule has 3 aromatic heterocycles. The Morgan fingerprint density at radius 3 is 2.85 bits per heavy atom.